The van der Waals surface area contributed by atoms with E-state index < -0.39 is 0 Å². The van der Waals surface area contributed by atoms with Crippen molar-refractivity contribution in [3.05, 3.63) is 70.8 Å². The monoisotopic (exact) mass is 334 g/mol. The molecule has 0 saturated heterocycles. The summed E-state index contributed by atoms with van der Waals surface area (Å²) in [7, 11) is 0. The van der Waals surface area contributed by atoms with Gasteiger partial charge in [-0.1, -0.05) is 18.2 Å². The summed E-state index contributed by atoms with van der Waals surface area (Å²) >= 11 is 0. The molecule has 5 nitrogen and oxygen atoms in total. The third-order valence-corrected chi connectivity index (χ3v) is 4.42. The van der Waals surface area contributed by atoms with Gasteiger partial charge in [0.05, 0.1) is 23.1 Å². The molecule has 0 unspecified atom stereocenters. The predicted octanol–water partition coefficient (Wildman–Crippen LogP) is 3.91. The number of carbonyl (C=O) groups is 1. The van der Waals surface area contributed by atoms with Gasteiger partial charge in [-0.2, -0.15) is 10.2 Å². The van der Waals surface area contributed by atoms with Gasteiger partial charge < -0.3 is 0 Å². The van der Waals surface area contributed by atoms with Gasteiger partial charge in [0.25, 0.3) is 0 Å². The standard InChI is InChI=1S/C20H22N4O/c1-5-23-15(3)19(13-21-23)20(25)12-11-18-14(2)22-24(16(18)4)17-9-7-6-8-10-17/h6-13H,5H2,1-4H3/b12-11+. The van der Waals surface area contributed by atoms with Crippen molar-refractivity contribution in [2.45, 2.75) is 34.2 Å². The van der Waals surface area contributed by atoms with E-state index in [4.69, 9.17) is 0 Å². The zero-order valence-electron chi connectivity index (χ0n) is 15.0. The summed E-state index contributed by atoms with van der Waals surface area (Å²) in [5, 5.41) is 8.84. The Labute approximate surface area is 147 Å². The molecule has 2 aromatic heterocycles. The van der Waals surface area contributed by atoms with Crippen molar-refractivity contribution in [1.82, 2.24) is 19.6 Å². The Hall–Kier alpha value is -2.95. The number of benzene rings is 1. The lowest BCUT2D eigenvalue weighted by atomic mass is 10.1. The molecule has 1 aromatic carbocycles. The molecule has 3 aromatic rings. The Morgan fingerprint density at radius 3 is 2.48 bits per heavy atom. The molecule has 0 atom stereocenters. The van der Waals surface area contributed by atoms with Crippen LogP contribution >= 0.6 is 0 Å². The molecule has 5 heteroatoms. The fraction of sp³-hybridized carbons (Fsp3) is 0.250. The first-order valence-corrected chi connectivity index (χ1v) is 8.39. The molecule has 0 bridgehead atoms. The molecule has 0 fully saturated rings. The average Bonchev–Trinajstić information content (AvgIpc) is 3.13. The van der Waals surface area contributed by atoms with Crippen molar-refractivity contribution in [3.8, 4) is 5.69 Å². The van der Waals surface area contributed by atoms with Gasteiger partial charge in [-0.15, -0.1) is 0 Å². The molecule has 25 heavy (non-hydrogen) atoms. The minimum Gasteiger partial charge on any atom is -0.289 e. The van der Waals surface area contributed by atoms with Gasteiger partial charge in [-0.05, 0) is 52.0 Å². The lowest BCUT2D eigenvalue weighted by Gasteiger charge is -2.03. The maximum absolute atomic E-state index is 12.5. The van der Waals surface area contributed by atoms with Crippen molar-refractivity contribution in [2.24, 2.45) is 0 Å². The van der Waals surface area contributed by atoms with E-state index in [0.717, 1.165) is 34.9 Å². The van der Waals surface area contributed by atoms with Crippen LogP contribution in [0.1, 0.15) is 39.9 Å². The number of aryl methyl sites for hydroxylation is 2. The first kappa shape index (κ1) is 16.9. The zero-order valence-corrected chi connectivity index (χ0v) is 15.0. The van der Waals surface area contributed by atoms with Gasteiger partial charge in [-0.3, -0.25) is 9.48 Å². The van der Waals surface area contributed by atoms with Crippen molar-refractivity contribution in [3.63, 3.8) is 0 Å². The lowest BCUT2D eigenvalue weighted by Crippen LogP contribution is -2.01. The number of carbonyl (C=O) groups excluding carboxylic acids is 1. The third-order valence-electron chi connectivity index (χ3n) is 4.42. The minimum absolute atomic E-state index is 0.0385. The van der Waals surface area contributed by atoms with Crippen LogP contribution in [0.2, 0.25) is 0 Å². The molecule has 128 valence electrons. The maximum atomic E-state index is 12.5. The second-order valence-electron chi connectivity index (χ2n) is 5.99. The van der Waals surface area contributed by atoms with E-state index in [-0.39, 0.29) is 5.78 Å². The van der Waals surface area contributed by atoms with Crippen LogP contribution in [-0.2, 0) is 6.54 Å². The van der Waals surface area contributed by atoms with Crippen molar-refractivity contribution >= 4 is 11.9 Å². The fourth-order valence-corrected chi connectivity index (χ4v) is 2.97. The highest BCUT2D eigenvalue weighted by molar-refractivity contribution is 6.07. The molecule has 0 amide bonds. The molecule has 0 N–H and O–H groups in total. The zero-order chi connectivity index (χ0) is 18.0. The second-order valence-corrected chi connectivity index (χ2v) is 5.99. The van der Waals surface area contributed by atoms with E-state index in [9.17, 15) is 4.79 Å². The Kier molecular flexibility index (Phi) is 4.65. The van der Waals surface area contributed by atoms with E-state index in [0.29, 0.717) is 5.56 Å². The summed E-state index contributed by atoms with van der Waals surface area (Å²) in [5.41, 5.74) is 5.42. The summed E-state index contributed by atoms with van der Waals surface area (Å²) in [6.45, 7) is 8.65. The Morgan fingerprint density at radius 1 is 1.12 bits per heavy atom. The third kappa shape index (κ3) is 3.18. The first-order valence-electron chi connectivity index (χ1n) is 8.39. The highest BCUT2D eigenvalue weighted by atomic mass is 16.1. The summed E-state index contributed by atoms with van der Waals surface area (Å²) in [4.78, 5) is 12.5. The summed E-state index contributed by atoms with van der Waals surface area (Å²) in [6, 6.07) is 9.98. The fourth-order valence-electron chi connectivity index (χ4n) is 2.97. The quantitative estimate of drug-likeness (QED) is 0.525. The van der Waals surface area contributed by atoms with Gasteiger partial charge in [-0.25, -0.2) is 4.68 Å². The van der Waals surface area contributed by atoms with Crippen molar-refractivity contribution in [1.29, 1.82) is 0 Å². The normalized spacial score (nSPS) is 11.4. The molecular weight excluding hydrogens is 312 g/mol. The Balaban J connectivity index is 1.90. The topological polar surface area (TPSA) is 52.7 Å². The summed E-state index contributed by atoms with van der Waals surface area (Å²) < 4.78 is 3.73. The minimum atomic E-state index is -0.0385. The van der Waals surface area contributed by atoms with E-state index in [1.165, 1.54) is 0 Å². The Bertz CT molecular complexity index is 932. The number of aromatic nitrogens is 4. The highest BCUT2D eigenvalue weighted by Gasteiger charge is 2.13. The highest BCUT2D eigenvalue weighted by Crippen LogP contribution is 2.19. The molecule has 2 heterocycles. The number of rotatable bonds is 5. The van der Waals surface area contributed by atoms with Crippen LogP contribution in [0, 0.1) is 20.8 Å². The van der Waals surface area contributed by atoms with Gasteiger partial charge in [0, 0.05) is 23.5 Å². The van der Waals surface area contributed by atoms with Gasteiger partial charge in [0.2, 0.25) is 0 Å². The number of ketones is 1. The van der Waals surface area contributed by atoms with Crippen molar-refractivity contribution in [2.75, 3.05) is 0 Å². The van der Waals surface area contributed by atoms with Crippen molar-refractivity contribution < 1.29 is 4.79 Å². The second kappa shape index (κ2) is 6.89. The molecule has 0 radical (unpaired) electrons. The Morgan fingerprint density at radius 2 is 1.84 bits per heavy atom. The molecule has 0 saturated carbocycles. The van der Waals surface area contributed by atoms with Crippen LogP contribution in [0.3, 0.4) is 0 Å². The van der Waals surface area contributed by atoms with Crippen LogP contribution in [0.15, 0.2) is 42.6 Å². The molecule has 0 aliphatic rings. The van der Waals surface area contributed by atoms with E-state index >= 15 is 0 Å². The number of hydrogen-bond acceptors (Lipinski definition) is 3. The SMILES string of the molecule is CCn1ncc(C(=O)/C=C/c2c(C)nn(-c3ccccc3)c2C)c1C. The molecule has 0 spiro atoms. The van der Waals surface area contributed by atoms with Crippen LogP contribution < -0.4 is 0 Å². The van der Waals surface area contributed by atoms with Crippen LogP contribution in [-0.4, -0.2) is 25.3 Å². The average molecular weight is 334 g/mol. The first-order chi connectivity index (χ1) is 12.0. The van der Waals surface area contributed by atoms with Gasteiger partial charge in [0.1, 0.15) is 0 Å². The van der Waals surface area contributed by atoms with E-state index in [1.807, 2.05) is 73.5 Å². The van der Waals surface area contributed by atoms with Gasteiger partial charge in [0.15, 0.2) is 5.78 Å². The van der Waals surface area contributed by atoms with Crippen LogP contribution in [0.4, 0.5) is 0 Å². The summed E-state index contributed by atoms with van der Waals surface area (Å²) in [5.74, 6) is -0.0385. The number of nitrogens with zero attached hydrogens (tertiary/aromatic N) is 4. The molecule has 0 aliphatic carbocycles. The van der Waals surface area contributed by atoms with Crippen LogP contribution in [0.25, 0.3) is 11.8 Å². The smallest absolute Gasteiger partial charge is 0.189 e. The van der Waals surface area contributed by atoms with Gasteiger partial charge >= 0.3 is 0 Å². The van der Waals surface area contributed by atoms with E-state index in [2.05, 4.69) is 10.2 Å². The number of hydrogen-bond donors (Lipinski definition) is 0. The summed E-state index contributed by atoms with van der Waals surface area (Å²) in [6.07, 6.45) is 5.09. The predicted molar refractivity (Wildman–Crippen MR) is 99.0 cm³/mol. The molecular formula is C20H22N4O. The number of allylic oxidation sites excluding steroid dienone is 1. The maximum Gasteiger partial charge on any atom is 0.189 e. The van der Waals surface area contributed by atoms with E-state index in [1.54, 1.807) is 12.3 Å². The van der Waals surface area contributed by atoms with Crippen LogP contribution in [0.5, 0.6) is 0 Å². The number of para-hydroxylation sites is 1. The largest absolute Gasteiger partial charge is 0.289 e. The molecule has 3 rings (SSSR count). The molecule has 0 aliphatic heterocycles. The lowest BCUT2D eigenvalue weighted by molar-refractivity contribution is 0.104.